The molecule has 4 atom stereocenters. The number of aliphatic carboxylic acids is 2. The molecule has 210 valence electrons. The predicted octanol–water partition coefficient (Wildman–Crippen LogP) is -2.72. The van der Waals surface area contributed by atoms with Crippen molar-refractivity contribution in [2.45, 2.75) is 62.7 Å². The molecular formula is C23H34N6O9. The van der Waals surface area contributed by atoms with Crippen molar-refractivity contribution in [2.75, 3.05) is 6.54 Å². The van der Waals surface area contributed by atoms with Gasteiger partial charge in [-0.05, 0) is 43.5 Å². The summed E-state index contributed by atoms with van der Waals surface area (Å²) < 4.78 is 0. The number of carboxylic acids is 2. The lowest BCUT2D eigenvalue weighted by Gasteiger charge is -2.25. The molecule has 0 saturated heterocycles. The molecule has 15 nitrogen and oxygen atoms in total. The number of hydrogen-bond acceptors (Lipinski definition) is 9. The highest BCUT2D eigenvalue weighted by Crippen LogP contribution is 2.12. The van der Waals surface area contributed by atoms with Gasteiger partial charge in [0.25, 0.3) is 0 Å². The van der Waals surface area contributed by atoms with Crippen LogP contribution in [0.2, 0.25) is 0 Å². The summed E-state index contributed by atoms with van der Waals surface area (Å²) >= 11 is 0. The molecule has 0 bridgehead atoms. The summed E-state index contributed by atoms with van der Waals surface area (Å²) in [6.45, 7) is 0.336. The Morgan fingerprint density at radius 2 is 1.34 bits per heavy atom. The van der Waals surface area contributed by atoms with E-state index in [0.717, 1.165) is 0 Å². The number of amides is 4. The minimum absolute atomic E-state index is 0.0495. The minimum atomic E-state index is -1.60. The molecule has 0 aromatic heterocycles. The van der Waals surface area contributed by atoms with Crippen LogP contribution in [0.4, 0.5) is 0 Å². The van der Waals surface area contributed by atoms with E-state index in [0.29, 0.717) is 24.9 Å². The lowest BCUT2D eigenvalue weighted by Crippen LogP contribution is -2.58. The molecule has 0 spiro atoms. The Kier molecular flexibility index (Phi) is 13.2. The van der Waals surface area contributed by atoms with Crippen LogP contribution in [0.3, 0.4) is 0 Å². The van der Waals surface area contributed by atoms with Crippen LogP contribution in [0, 0.1) is 0 Å². The third-order valence-electron chi connectivity index (χ3n) is 5.34. The first-order valence-electron chi connectivity index (χ1n) is 11.7. The molecule has 4 amide bonds. The summed E-state index contributed by atoms with van der Waals surface area (Å²) in [7, 11) is 0. The third-order valence-corrected chi connectivity index (χ3v) is 5.34. The van der Waals surface area contributed by atoms with Crippen molar-refractivity contribution >= 4 is 35.6 Å². The highest BCUT2D eigenvalue weighted by molar-refractivity contribution is 5.96. The van der Waals surface area contributed by atoms with Crippen molar-refractivity contribution in [3.05, 3.63) is 29.8 Å². The number of nitrogens with two attached hydrogens (primary N) is 3. The summed E-state index contributed by atoms with van der Waals surface area (Å²) in [5.74, 6) is -6.62. The fourth-order valence-corrected chi connectivity index (χ4v) is 3.34. The molecule has 0 aliphatic rings. The van der Waals surface area contributed by atoms with E-state index in [2.05, 4.69) is 16.0 Å². The molecule has 0 saturated carbocycles. The zero-order valence-electron chi connectivity index (χ0n) is 20.6. The number of phenolic OH excluding ortho intramolecular Hbond substituents is 1. The van der Waals surface area contributed by atoms with E-state index in [-0.39, 0.29) is 18.6 Å². The second kappa shape index (κ2) is 15.8. The molecule has 0 aliphatic heterocycles. The third kappa shape index (κ3) is 11.7. The Bertz CT molecular complexity index is 1000. The van der Waals surface area contributed by atoms with E-state index in [4.69, 9.17) is 22.3 Å². The molecule has 1 aromatic carbocycles. The van der Waals surface area contributed by atoms with E-state index < -0.39 is 72.6 Å². The average molecular weight is 539 g/mol. The maximum absolute atomic E-state index is 13.1. The number of carbonyl (C=O) groups excluding carboxylic acids is 4. The quantitative estimate of drug-likeness (QED) is 0.0918. The minimum Gasteiger partial charge on any atom is -0.508 e. The topological polar surface area (TPSA) is 277 Å². The monoisotopic (exact) mass is 538 g/mol. The smallest absolute Gasteiger partial charge is 0.326 e. The number of nitrogens with one attached hydrogen (secondary N) is 3. The number of carbonyl (C=O) groups is 6. The Labute approximate surface area is 218 Å². The molecule has 4 unspecified atom stereocenters. The number of unbranched alkanes of at least 4 members (excludes halogenated alkanes) is 1. The van der Waals surface area contributed by atoms with Gasteiger partial charge < -0.3 is 48.5 Å². The average Bonchev–Trinajstić information content (AvgIpc) is 2.82. The van der Waals surface area contributed by atoms with Crippen LogP contribution in [-0.4, -0.2) is 81.6 Å². The van der Waals surface area contributed by atoms with Crippen LogP contribution in [0.25, 0.3) is 0 Å². The van der Waals surface area contributed by atoms with Gasteiger partial charge in [0.2, 0.25) is 23.6 Å². The number of rotatable bonds is 17. The zero-order chi connectivity index (χ0) is 28.8. The predicted molar refractivity (Wildman–Crippen MR) is 132 cm³/mol. The van der Waals surface area contributed by atoms with Crippen LogP contribution in [0.5, 0.6) is 5.75 Å². The SMILES string of the molecule is NCCCCC(NC(=O)C(Cc1ccc(O)cc1)NC(=O)C(CC(N)=O)NC(=O)C(N)CC(=O)O)C(=O)O. The zero-order valence-corrected chi connectivity index (χ0v) is 20.6. The van der Waals surface area contributed by atoms with Gasteiger partial charge in [0.05, 0.1) is 18.9 Å². The fourth-order valence-electron chi connectivity index (χ4n) is 3.34. The van der Waals surface area contributed by atoms with Gasteiger partial charge in [-0.25, -0.2) is 4.79 Å². The van der Waals surface area contributed by atoms with Crippen molar-refractivity contribution in [3.63, 3.8) is 0 Å². The Morgan fingerprint density at radius 1 is 0.789 bits per heavy atom. The molecule has 0 aliphatic carbocycles. The molecule has 0 radical (unpaired) electrons. The number of aromatic hydroxyl groups is 1. The summed E-state index contributed by atoms with van der Waals surface area (Å²) in [5, 5.41) is 34.7. The molecule has 12 N–H and O–H groups in total. The summed E-state index contributed by atoms with van der Waals surface area (Å²) in [6.07, 6.45) is -0.550. The van der Waals surface area contributed by atoms with Crippen LogP contribution in [0.1, 0.15) is 37.7 Å². The van der Waals surface area contributed by atoms with E-state index in [9.17, 15) is 39.0 Å². The van der Waals surface area contributed by atoms with E-state index in [1.165, 1.54) is 24.3 Å². The fraction of sp³-hybridized carbons (Fsp3) is 0.478. The highest BCUT2D eigenvalue weighted by atomic mass is 16.4. The maximum atomic E-state index is 13.1. The second-order valence-corrected chi connectivity index (χ2v) is 8.55. The lowest BCUT2D eigenvalue weighted by atomic mass is 10.0. The molecular weight excluding hydrogens is 504 g/mol. The standard InChI is InChI=1S/C23H34N6O9/c24-8-2-1-3-15(23(37)38)27-21(35)16(9-12-4-6-13(30)7-5-12)29-22(36)17(11-18(26)31)28-20(34)14(25)10-19(32)33/h4-7,14-17,30H,1-3,8-11,24-25H2,(H2,26,31)(H,27,35)(H,28,34)(H,29,36)(H,32,33)(H,37,38). The van der Waals surface area contributed by atoms with Crippen LogP contribution >= 0.6 is 0 Å². The van der Waals surface area contributed by atoms with Crippen LogP contribution < -0.4 is 33.2 Å². The van der Waals surface area contributed by atoms with E-state index in [1.54, 1.807) is 0 Å². The molecule has 1 aromatic rings. The maximum Gasteiger partial charge on any atom is 0.326 e. The normalized spacial score (nSPS) is 13.8. The van der Waals surface area contributed by atoms with Gasteiger partial charge >= 0.3 is 11.9 Å². The van der Waals surface area contributed by atoms with Crippen molar-refractivity contribution in [2.24, 2.45) is 17.2 Å². The number of carboxylic acid groups (broad SMARTS) is 2. The van der Waals surface area contributed by atoms with Gasteiger partial charge in [0.15, 0.2) is 0 Å². The van der Waals surface area contributed by atoms with Gasteiger partial charge in [0.1, 0.15) is 23.9 Å². The molecule has 15 heteroatoms. The molecule has 38 heavy (non-hydrogen) atoms. The molecule has 0 heterocycles. The summed E-state index contributed by atoms with van der Waals surface area (Å²) in [5.41, 5.74) is 16.6. The number of benzene rings is 1. The van der Waals surface area contributed by atoms with E-state index in [1.807, 2.05) is 0 Å². The largest absolute Gasteiger partial charge is 0.508 e. The van der Waals surface area contributed by atoms with Gasteiger partial charge in [-0.1, -0.05) is 12.1 Å². The first kappa shape index (κ1) is 31.8. The van der Waals surface area contributed by atoms with E-state index >= 15 is 0 Å². The first-order valence-corrected chi connectivity index (χ1v) is 11.7. The van der Waals surface area contributed by atoms with Crippen LogP contribution in [-0.2, 0) is 35.2 Å². The van der Waals surface area contributed by atoms with Crippen molar-refractivity contribution < 1.29 is 44.1 Å². The number of primary amides is 1. The first-order chi connectivity index (χ1) is 17.8. The summed E-state index contributed by atoms with van der Waals surface area (Å²) in [6, 6.07) is -0.132. The summed E-state index contributed by atoms with van der Waals surface area (Å²) in [4.78, 5) is 72.3. The van der Waals surface area contributed by atoms with Gasteiger partial charge in [-0.3, -0.25) is 24.0 Å². The molecule has 0 fully saturated rings. The van der Waals surface area contributed by atoms with Gasteiger partial charge in [-0.15, -0.1) is 0 Å². The van der Waals surface area contributed by atoms with Gasteiger partial charge in [-0.2, -0.15) is 0 Å². The van der Waals surface area contributed by atoms with Crippen LogP contribution in [0.15, 0.2) is 24.3 Å². The Balaban J connectivity index is 3.15. The second-order valence-electron chi connectivity index (χ2n) is 8.55. The molecule has 1 rings (SSSR count). The highest BCUT2D eigenvalue weighted by Gasteiger charge is 2.31. The Morgan fingerprint density at radius 3 is 1.87 bits per heavy atom. The van der Waals surface area contributed by atoms with Crippen molar-refractivity contribution in [3.8, 4) is 5.75 Å². The number of hydrogen-bond donors (Lipinski definition) is 9. The van der Waals surface area contributed by atoms with Crippen molar-refractivity contribution in [1.82, 2.24) is 16.0 Å². The number of phenols is 1. The Hall–Kier alpha value is -4.24. The lowest BCUT2D eigenvalue weighted by molar-refractivity contribution is -0.142. The van der Waals surface area contributed by atoms with Gasteiger partial charge in [0, 0.05) is 6.42 Å². The van der Waals surface area contributed by atoms with Crippen molar-refractivity contribution in [1.29, 1.82) is 0 Å².